The fourth-order valence-corrected chi connectivity index (χ4v) is 4.35. The van der Waals surface area contributed by atoms with E-state index in [-0.39, 0.29) is 5.92 Å². The average molecular weight is 451 g/mol. The van der Waals surface area contributed by atoms with E-state index in [2.05, 4.69) is 39.8 Å². The van der Waals surface area contributed by atoms with Gasteiger partial charge in [-0.25, -0.2) is 4.79 Å². The van der Waals surface area contributed by atoms with Crippen LogP contribution in [0.5, 0.6) is 0 Å². The fraction of sp³-hybridized carbons (Fsp3) is 0.731. The zero-order valence-corrected chi connectivity index (χ0v) is 20.8. The summed E-state index contributed by atoms with van der Waals surface area (Å²) in [5, 5.41) is 21.1. The maximum absolute atomic E-state index is 12.5. The number of allylic oxidation sites excluding steroid dienone is 5. The smallest absolute Gasteiger partial charge is 0.333 e. The molecular formula is C26H42O6. The Hall–Kier alpha value is -1.47. The van der Waals surface area contributed by atoms with Gasteiger partial charge in [-0.2, -0.15) is 0 Å². The molecule has 1 aliphatic carbocycles. The first-order valence-electron chi connectivity index (χ1n) is 11.8. The topological polar surface area (TPSA) is 85.2 Å². The predicted molar refractivity (Wildman–Crippen MR) is 125 cm³/mol. The van der Waals surface area contributed by atoms with Gasteiger partial charge in [-0.3, -0.25) is 0 Å². The summed E-state index contributed by atoms with van der Waals surface area (Å²) in [5.41, 5.74) is 2.52. The van der Waals surface area contributed by atoms with Crippen molar-refractivity contribution in [2.45, 2.75) is 117 Å². The molecule has 0 aromatic rings. The van der Waals surface area contributed by atoms with Crippen LogP contribution >= 0.6 is 0 Å². The van der Waals surface area contributed by atoms with Crippen molar-refractivity contribution in [1.82, 2.24) is 0 Å². The van der Waals surface area contributed by atoms with Gasteiger partial charge in [-0.1, -0.05) is 29.4 Å². The molecule has 1 heterocycles. The molecule has 2 rings (SSSR count). The third kappa shape index (κ3) is 6.77. The van der Waals surface area contributed by atoms with Gasteiger partial charge in [0.25, 0.3) is 0 Å². The van der Waals surface area contributed by atoms with Crippen molar-refractivity contribution < 1.29 is 29.2 Å². The minimum Gasteiger partial charge on any atom is -0.451 e. The summed E-state index contributed by atoms with van der Waals surface area (Å²) >= 11 is 0. The molecule has 6 heteroatoms. The molecule has 2 aliphatic rings. The summed E-state index contributed by atoms with van der Waals surface area (Å²) in [4.78, 5) is 12.5. The van der Waals surface area contributed by atoms with Crippen molar-refractivity contribution >= 4 is 5.97 Å². The number of carbonyl (C=O) groups excluding carboxylic acids is 1. The Bertz CT molecular complexity index is 735. The van der Waals surface area contributed by atoms with Gasteiger partial charge in [0, 0.05) is 5.57 Å². The van der Waals surface area contributed by atoms with Crippen molar-refractivity contribution in [1.29, 1.82) is 0 Å². The SMILES string of the molecule is CC=C(C)C(=O)OC1C(OC(C)(CCC=C(C)C)C2CC=C(C)CC2)OC(C)C(O)C1O. The van der Waals surface area contributed by atoms with Crippen molar-refractivity contribution in [3.05, 3.63) is 34.9 Å². The minimum absolute atomic E-state index is 0.272. The van der Waals surface area contributed by atoms with Crippen molar-refractivity contribution in [2.75, 3.05) is 0 Å². The monoisotopic (exact) mass is 450 g/mol. The van der Waals surface area contributed by atoms with E-state index >= 15 is 0 Å². The molecule has 0 radical (unpaired) electrons. The van der Waals surface area contributed by atoms with E-state index in [1.807, 2.05) is 0 Å². The van der Waals surface area contributed by atoms with Crippen LogP contribution in [0, 0.1) is 5.92 Å². The van der Waals surface area contributed by atoms with Crippen molar-refractivity contribution in [2.24, 2.45) is 5.92 Å². The normalized spacial score (nSPS) is 33.2. The number of aliphatic hydroxyl groups is 2. The van der Waals surface area contributed by atoms with E-state index in [1.165, 1.54) is 11.1 Å². The molecule has 0 bridgehead atoms. The summed E-state index contributed by atoms with van der Waals surface area (Å²) in [6.45, 7) is 13.5. The molecule has 32 heavy (non-hydrogen) atoms. The average Bonchev–Trinajstić information content (AvgIpc) is 2.74. The van der Waals surface area contributed by atoms with Gasteiger partial charge < -0.3 is 24.4 Å². The lowest BCUT2D eigenvalue weighted by molar-refractivity contribution is -0.327. The lowest BCUT2D eigenvalue weighted by atomic mass is 9.76. The molecule has 2 N–H and O–H groups in total. The Kier molecular flexibility index (Phi) is 9.70. The van der Waals surface area contributed by atoms with Gasteiger partial charge in [0.2, 0.25) is 0 Å². The second-order valence-corrected chi connectivity index (χ2v) is 9.80. The summed E-state index contributed by atoms with van der Waals surface area (Å²) < 4.78 is 18.2. The van der Waals surface area contributed by atoms with E-state index in [1.54, 1.807) is 26.8 Å². The molecule has 1 fully saturated rings. The van der Waals surface area contributed by atoms with Crippen LogP contribution in [0.15, 0.2) is 34.9 Å². The van der Waals surface area contributed by atoms with Gasteiger partial charge in [0.05, 0.1) is 11.7 Å². The molecular weight excluding hydrogens is 408 g/mol. The minimum atomic E-state index is -1.30. The van der Waals surface area contributed by atoms with Crippen LogP contribution in [-0.2, 0) is 19.0 Å². The molecule has 0 amide bonds. The van der Waals surface area contributed by atoms with Crippen LogP contribution in [0.1, 0.15) is 80.6 Å². The van der Waals surface area contributed by atoms with Gasteiger partial charge in [-0.05, 0) is 86.5 Å². The van der Waals surface area contributed by atoms with Crippen LogP contribution in [0.25, 0.3) is 0 Å². The van der Waals surface area contributed by atoms with E-state index in [0.29, 0.717) is 5.57 Å². The first-order chi connectivity index (χ1) is 15.0. The number of hydrogen-bond acceptors (Lipinski definition) is 6. The van der Waals surface area contributed by atoms with E-state index in [9.17, 15) is 15.0 Å². The second-order valence-electron chi connectivity index (χ2n) is 9.80. The lowest BCUT2D eigenvalue weighted by Crippen LogP contribution is -2.61. The number of hydrogen-bond donors (Lipinski definition) is 2. The third-order valence-corrected chi connectivity index (χ3v) is 6.86. The molecule has 0 aromatic heterocycles. The molecule has 182 valence electrons. The molecule has 0 saturated carbocycles. The van der Waals surface area contributed by atoms with Crippen LogP contribution in [0.2, 0.25) is 0 Å². The van der Waals surface area contributed by atoms with Crippen LogP contribution in [0.4, 0.5) is 0 Å². The summed E-state index contributed by atoms with van der Waals surface area (Å²) in [7, 11) is 0. The van der Waals surface area contributed by atoms with Gasteiger partial charge >= 0.3 is 5.97 Å². The van der Waals surface area contributed by atoms with Gasteiger partial charge in [0.1, 0.15) is 12.2 Å². The Morgan fingerprint density at radius 3 is 2.53 bits per heavy atom. The zero-order valence-electron chi connectivity index (χ0n) is 20.8. The van der Waals surface area contributed by atoms with E-state index in [4.69, 9.17) is 14.2 Å². The first-order valence-corrected chi connectivity index (χ1v) is 11.8. The predicted octanol–water partition coefficient (Wildman–Crippen LogP) is 4.60. The Morgan fingerprint density at radius 1 is 1.28 bits per heavy atom. The second kappa shape index (κ2) is 11.6. The zero-order chi connectivity index (χ0) is 24.1. The van der Waals surface area contributed by atoms with Crippen LogP contribution in [-0.4, -0.2) is 52.5 Å². The number of rotatable bonds is 8. The molecule has 0 spiro atoms. The standard InChI is InChI=1S/C26H42O6/c1-8-18(5)24(29)31-23-22(28)21(27)19(6)30-25(23)32-26(7,15-9-10-16(2)3)20-13-11-17(4)12-14-20/h8,10-11,19-23,25,27-28H,9,12-15H2,1-7H3. The summed E-state index contributed by atoms with van der Waals surface area (Å²) in [6.07, 6.45) is 5.47. The Balaban J connectivity index is 2.31. The summed E-state index contributed by atoms with van der Waals surface area (Å²) in [6, 6.07) is 0. The maximum atomic E-state index is 12.5. The molecule has 1 saturated heterocycles. The highest BCUT2D eigenvalue weighted by molar-refractivity contribution is 5.87. The number of ether oxygens (including phenoxy) is 3. The first kappa shape index (κ1) is 26.8. The van der Waals surface area contributed by atoms with Crippen molar-refractivity contribution in [3.63, 3.8) is 0 Å². The van der Waals surface area contributed by atoms with E-state index in [0.717, 1.165) is 32.1 Å². The number of esters is 1. The summed E-state index contributed by atoms with van der Waals surface area (Å²) in [5.74, 6) is -0.286. The molecule has 7 atom stereocenters. The molecule has 1 aliphatic heterocycles. The van der Waals surface area contributed by atoms with Crippen LogP contribution in [0.3, 0.4) is 0 Å². The Morgan fingerprint density at radius 2 is 1.97 bits per heavy atom. The van der Waals surface area contributed by atoms with E-state index < -0.39 is 42.3 Å². The fourth-order valence-electron chi connectivity index (χ4n) is 4.35. The number of carbonyl (C=O) groups is 1. The largest absolute Gasteiger partial charge is 0.451 e. The third-order valence-electron chi connectivity index (χ3n) is 6.86. The Labute approximate surface area is 193 Å². The molecule has 6 nitrogen and oxygen atoms in total. The highest BCUT2D eigenvalue weighted by atomic mass is 16.7. The lowest BCUT2D eigenvalue weighted by Gasteiger charge is -2.47. The van der Waals surface area contributed by atoms with Gasteiger partial charge in [-0.15, -0.1) is 0 Å². The highest BCUT2D eigenvalue weighted by Gasteiger charge is 2.49. The number of aliphatic hydroxyl groups excluding tert-OH is 2. The molecule has 0 aromatic carbocycles. The maximum Gasteiger partial charge on any atom is 0.333 e. The molecule has 7 unspecified atom stereocenters. The van der Waals surface area contributed by atoms with Crippen molar-refractivity contribution in [3.8, 4) is 0 Å². The van der Waals surface area contributed by atoms with Crippen LogP contribution < -0.4 is 0 Å². The van der Waals surface area contributed by atoms with Gasteiger partial charge in [0.15, 0.2) is 12.4 Å². The quantitative estimate of drug-likeness (QED) is 0.319. The highest BCUT2D eigenvalue weighted by Crippen LogP contribution is 2.40.